The second kappa shape index (κ2) is 7.83. The van der Waals surface area contributed by atoms with Gasteiger partial charge in [0.1, 0.15) is 5.82 Å². The summed E-state index contributed by atoms with van der Waals surface area (Å²) in [5.74, 6) is 0.518. The van der Waals surface area contributed by atoms with Crippen molar-refractivity contribution in [1.29, 1.82) is 0 Å². The average molecular weight is 358 g/mol. The maximum Gasteiger partial charge on any atom is 0.259 e. The van der Waals surface area contributed by atoms with Gasteiger partial charge in [-0.05, 0) is 61.6 Å². The van der Waals surface area contributed by atoms with Gasteiger partial charge in [0.25, 0.3) is 5.56 Å². The smallest absolute Gasteiger partial charge is 0.259 e. The highest BCUT2D eigenvalue weighted by Gasteiger charge is 2.11. The number of pyridine rings is 2. The predicted molar refractivity (Wildman–Crippen MR) is 114 cm³/mol. The summed E-state index contributed by atoms with van der Waals surface area (Å²) < 4.78 is 0. The molecule has 136 valence electrons. The van der Waals surface area contributed by atoms with Gasteiger partial charge < -0.3 is 10.3 Å². The Morgan fingerprint density at radius 1 is 1.22 bits per heavy atom. The number of benzene rings is 1. The Kier molecular flexibility index (Phi) is 5.31. The molecule has 0 unspecified atom stereocenters. The van der Waals surface area contributed by atoms with Gasteiger partial charge in [-0.15, -0.1) is 0 Å². The normalized spacial score (nSPS) is 11.9. The SMILES string of the molecule is C=C(C)C=N/C=C(\C)c1cc2cc[nH]c(=O)c2c(Nc2ccc(C)cc2)n1. The number of rotatable bonds is 5. The highest BCUT2D eigenvalue weighted by atomic mass is 16.1. The Hall–Kier alpha value is -3.47. The zero-order valence-corrected chi connectivity index (χ0v) is 15.7. The van der Waals surface area contributed by atoms with Crippen molar-refractivity contribution in [3.8, 4) is 0 Å². The highest BCUT2D eigenvalue weighted by Crippen LogP contribution is 2.25. The van der Waals surface area contributed by atoms with Gasteiger partial charge in [0.05, 0.1) is 11.1 Å². The summed E-state index contributed by atoms with van der Waals surface area (Å²) in [6.45, 7) is 9.65. The molecule has 0 saturated carbocycles. The zero-order valence-electron chi connectivity index (χ0n) is 15.7. The van der Waals surface area contributed by atoms with Crippen LogP contribution in [0.4, 0.5) is 11.5 Å². The van der Waals surface area contributed by atoms with E-state index in [9.17, 15) is 4.79 Å². The summed E-state index contributed by atoms with van der Waals surface area (Å²) in [4.78, 5) is 24.0. The molecule has 0 spiro atoms. The first kappa shape index (κ1) is 18.3. The number of aliphatic imine (C=N–C) groups is 1. The Bertz CT molecular complexity index is 1110. The molecule has 2 N–H and O–H groups in total. The molecule has 2 heterocycles. The molecule has 5 nitrogen and oxygen atoms in total. The molecule has 0 aliphatic carbocycles. The molecule has 0 aliphatic rings. The second-order valence-electron chi connectivity index (χ2n) is 6.55. The number of hydrogen-bond acceptors (Lipinski definition) is 4. The molecule has 3 rings (SSSR count). The highest BCUT2D eigenvalue weighted by molar-refractivity contribution is 5.94. The summed E-state index contributed by atoms with van der Waals surface area (Å²) in [6.07, 6.45) is 5.08. The lowest BCUT2D eigenvalue weighted by molar-refractivity contribution is 1.23. The van der Waals surface area contributed by atoms with Crippen LogP contribution in [0.3, 0.4) is 0 Å². The minimum absolute atomic E-state index is 0.178. The van der Waals surface area contributed by atoms with Gasteiger partial charge in [0.15, 0.2) is 0 Å². The molecule has 0 aliphatic heterocycles. The predicted octanol–water partition coefficient (Wildman–Crippen LogP) is 4.98. The van der Waals surface area contributed by atoms with Crippen molar-refractivity contribution < 1.29 is 0 Å². The number of aromatic nitrogens is 2. The third-order valence-corrected chi connectivity index (χ3v) is 4.04. The van der Waals surface area contributed by atoms with Crippen LogP contribution in [-0.2, 0) is 0 Å². The first-order valence-corrected chi connectivity index (χ1v) is 8.66. The van der Waals surface area contributed by atoms with E-state index in [1.165, 1.54) is 5.56 Å². The molecular weight excluding hydrogens is 336 g/mol. The van der Waals surface area contributed by atoms with Gasteiger partial charge in [0, 0.05) is 24.3 Å². The number of aryl methyl sites for hydroxylation is 1. The quantitative estimate of drug-likeness (QED) is 0.632. The van der Waals surface area contributed by atoms with Gasteiger partial charge in [-0.2, -0.15) is 0 Å². The number of H-pyrrole nitrogens is 1. The summed E-state index contributed by atoms with van der Waals surface area (Å²) in [7, 11) is 0. The van der Waals surface area contributed by atoms with Crippen molar-refractivity contribution in [2.75, 3.05) is 5.32 Å². The molecular formula is C22H22N4O. The lowest BCUT2D eigenvalue weighted by Gasteiger charge is -2.11. The number of hydrogen-bond donors (Lipinski definition) is 2. The molecule has 0 atom stereocenters. The summed E-state index contributed by atoms with van der Waals surface area (Å²) >= 11 is 0. The molecule has 2 aromatic heterocycles. The number of aromatic amines is 1. The first-order chi connectivity index (χ1) is 12.9. The number of anilines is 2. The van der Waals surface area contributed by atoms with Crippen LogP contribution in [0, 0.1) is 6.92 Å². The standard InChI is InChI=1S/C22H22N4O/c1-14(2)12-23-13-16(4)19-11-17-9-10-24-22(27)20(17)21(26-19)25-18-7-5-15(3)6-8-18/h5-13H,1H2,2-4H3,(H,24,27)(H,25,26)/b16-13+,23-12?. The van der Waals surface area contributed by atoms with E-state index >= 15 is 0 Å². The van der Waals surface area contributed by atoms with Crippen molar-refractivity contribution in [2.45, 2.75) is 20.8 Å². The number of nitrogens with zero attached hydrogens (tertiary/aromatic N) is 2. The lowest BCUT2D eigenvalue weighted by atomic mass is 10.1. The maximum absolute atomic E-state index is 12.4. The second-order valence-corrected chi connectivity index (χ2v) is 6.55. The van der Waals surface area contributed by atoms with Gasteiger partial charge in [-0.25, -0.2) is 4.98 Å². The number of nitrogens with one attached hydrogen (secondary N) is 2. The zero-order chi connectivity index (χ0) is 19.4. The van der Waals surface area contributed by atoms with E-state index < -0.39 is 0 Å². The van der Waals surface area contributed by atoms with E-state index in [2.05, 4.69) is 26.9 Å². The minimum Gasteiger partial charge on any atom is -0.340 e. The van der Waals surface area contributed by atoms with Gasteiger partial charge in [0.2, 0.25) is 0 Å². The van der Waals surface area contributed by atoms with Gasteiger partial charge in [-0.1, -0.05) is 24.3 Å². The molecule has 27 heavy (non-hydrogen) atoms. The molecule has 0 radical (unpaired) electrons. The minimum atomic E-state index is -0.178. The van der Waals surface area contributed by atoms with Crippen LogP contribution in [0.25, 0.3) is 16.3 Å². The van der Waals surface area contributed by atoms with Gasteiger partial charge in [-0.3, -0.25) is 9.79 Å². The van der Waals surface area contributed by atoms with Crippen molar-refractivity contribution in [1.82, 2.24) is 9.97 Å². The Balaban J connectivity index is 2.11. The van der Waals surface area contributed by atoms with E-state index in [-0.39, 0.29) is 5.56 Å². The molecule has 0 saturated heterocycles. The first-order valence-electron chi connectivity index (χ1n) is 8.66. The van der Waals surface area contributed by atoms with E-state index in [1.54, 1.807) is 18.6 Å². The Morgan fingerprint density at radius 3 is 2.67 bits per heavy atom. The molecule has 3 aromatic rings. The number of allylic oxidation sites excluding steroid dienone is 2. The van der Waals surface area contributed by atoms with E-state index in [1.807, 2.05) is 57.2 Å². The third-order valence-electron chi connectivity index (χ3n) is 4.04. The van der Waals surface area contributed by atoms with Gasteiger partial charge >= 0.3 is 0 Å². The Morgan fingerprint density at radius 2 is 1.96 bits per heavy atom. The van der Waals surface area contributed by atoms with Crippen molar-refractivity contribution in [3.63, 3.8) is 0 Å². The molecule has 0 amide bonds. The van der Waals surface area contributed by atoms with Crippen LogP contribution in [0.5, 0.6) is 0 Å². The van der Waals surface area contributed by atoms with Crippen LogP contribution in [0.2, 0.25) is 0 Å². The summed E-state index contributed by atoms with van der Waals surface area (Å²) in [6, 6.07) is 11.7. The monoisotopic (exact) mass is 358 g/mol. The fourth-order valence-corrected chi connectivity index (χ4v) is 2.62. The van der Waals surface area contributed by atoms with Crippen LogP contribution in [0.1, 0.15) is 25.1 Å². The average Bonchev–Trinajstić information content (AvgIpc) is 2.63. The summed E-state index contributed by atoms with van der Waals surface area (Å²) in [5.41, 5.74) is 4.38. The fourth-order valence-electron chi connectivity index (χ4n) is 2.62. The lowest BCUT2D eigenvalue weighted by Crippen LogP contribution is -2.09. The van der Waals surface area contributed by atoms with Crippen molar-refractivity contribution in [2.24, 2.45) is 4.99 Å². The summed E-state index contributed by atoms with van der Waals surface area (Å²) in [5, 5.41) is 4.62. The topological polar surface area (TPSA) is 70.1 Å². The van der Waals surface area contributed by atoms with E-state index in [4.69, 9.17) is 0 Å². The van der Waals surface area contributed by atoms with Crippen LogP contribution < -0.4 is 10.9 Å². The third kappa shape index (κ3) is 4.39. The molecule has 5 heteroatoms. The molecule has 0 fully saturated rings. The van der Waals surface area contributed by atoms with E-state index in [0.717, 1.165) is 27.9 Å². The van der Waals surface area contributed by atoms with E-state index in [0.29, 0.717) is 11.2 Å². The Labute approximate surface area is 158 Å². The molecule has 1 aromatic carbocycles. The fraction of sp³-hybridized carbons (Fsp3) is 0.136. The van der Waals surface area contributed by atoms with Crippen LogP contribution in [0.15, 0.2) is 70.7 Å². The number of fused-ring (bicyclic) bond motifs is 1. The van der Waals surface area contributed by atoms with Crippen LogP contribution >= 0.6 is 0 Å². The van der Waals surface area contributed by atoms with Crippen molar-refractivity contribution in [3.05, 3.63) is 82.6 Å². The largest absolute Gasteiger partial charge is 0.340 e. The van der Waals surface area contributed by atoms with Crippen LogP contribution in [-0.4, -0.2) is 16.2 Å². The molecule has 0 bridgehead atoms. The maximum atomic E-state index is 12.4. The van der Waals surface area contributed by atoms with Crippen molar-refractivity contribution >= 4 is 34.1 Å².